The van der Waals surface area contributed by atoms with Gasteiger partial charge in [0.25, 0.3) is 0 Å². The maximum absolute atomic E-state index is 6.27. The van der Waals surface area contributed by atoms with E-state index in [4.69, 9.17) is 9.40 Å². The lowest BCUT2D eigenvalue weighted by molar-refractivity contribution is 0.669. The van der Waals surface area contributed by atoms with E-state index in [0.717, 1.165) is 66.5 Å². The van der Waals surface area contributed by atoms with E-state index in [9.17, 15) is 0 Å². The third kappa shape index (κ3) is 3.19. The average Bonchev–Trinajstić information content (AvgIpc) is 3.71. The van der Waals surface area contributed by atoms with Gasteiger partial charge in [0, 0.05) is 50.6 Å². The molecule has 9 aromatic rings. The molecule has 0 N–H and O–H groups in total. The molecule has 0 saturated heterocycles. The van der Waals surface area contributed by atoms with Gasteiger partial charge >= 0.3 is 0 Å². The molecular weight excluding hydrogens is 502 g/mol. The fourth-order valence-corrected chi connectivity index (χ4v) is 6.39. The Morgan fingerprint density at radius 1 is 0.537 bits per heavy atom. The van der Waals surface area contributed by atoms with Crippen molar-refractivity contribution in [2.24, 2.45) is 0 Å². The number of para-hydroxylation sites is 4. The first-order valence-corrected chi connectivity index (χ1v) is 13.8. The molecule has 4 heterocycles. The molecule has 9 rings (SSSR count). The maximum Gasteiger partial charge on any atom is 0.162 e. The third-order valence-electron chi connectivity index (χ3n) is 8.21. The number of hydrogen-bond acceptors (Lipinski definition) is 2. The molecule has 0 radical (unpaired) electrons. The van der Waals surface area contributed by atoms with Crippen LogP contribution in [-0.2, 0) is 0 Å². The highest BCUT2D eigenvalue weighted by atomic mass is 16.3. The smallest absolute Gasteiger partial charge is 0.162 e. The quantitative estimate of drug-likeness (QED) is 0.230. The van der Waals surface area contributed by atoms with Crippen LogP contribution in [0, 0.1) is 0 Å². The number of benzene rings is 5. The molecule has 0 saturated carbocycles. The summed E-state index contributed by atoms with van der Waals surface area (Å²) in [4.78, 5) is 5.05. The highest BCUT2D eigenvalue weighted by molar-refractivity contribution is 6.11. The number of rotatable bonds is 3. The zero-order chi connectivity index (χ0) is 26.9. The summed E-state index contributed by atoms with van der Waals surface area (Å²) in [5.41, 5.74) is 8.46. The minimum atomic E-state index is 0.890. The Morgan fingerprint density at radius 3 is 1.98 bits per heavy atom. The summed E-state index contributed by atoms with van der Waals surface area (Å²) >= 11 is 0. The monoisotopic (exact) mass is 525 g/mol. The average molecular weight is 526 g/mol. The highest BCUT2D eigenvalue weighted by Crippen LogP contribution is 2.40. The van der Waals surface area contributed by atoms with E-state index < -0.39 is 0 Å². The van der Waals surface area contributed by atoms with Crippen molar-refractivity contribution in [3.05, 3.63) is 140 Å². The summed E-state index contributed by atoms with van der Waals surface area (Å²) < 4.78 is 10.9. The molecule has 192 valence electrons. The second kappa shape index (κ2) is 8.44. The van der Waals surface area contributed by atoms with Crippen molar-refractivity contribution >= 4 is 54.6 Å². The summed E-state index contributed by atoms with van der Waals surface area (Å²) in [6, 6.07) is 44.6. The van der Waals surface area contributed by atoms with Crippen molar-refractivity contribution in [1.82, 2.24) is 14.1 Å². The molecule has 0 spiro atoms. The Bertz CT molecular complexity index is 2370. The van der Waals surface area contributed by atoms with E-state index in [2.05, 4.69) is 131 Å². The molecular formula is C37H23N3O. The number of aromatic nitrogens is 3. The molecule has 0 aliphatic rings. The molecule has 5 aromatic carbocycles. The standard InChI is InChI=1S/C37H23N3O/c1-2-10-25(11-3-1)39-23-31(24-18-19-29-28-14-6-9-17-34(28)41-35(29)22-24)30-20-21-38-37(36(30)39)40-32-15-7-4-12-26(32)27-13-5-8-16-33(27)40/h1-23H. The van der Waals surface area contributed by atoms with Gasteiger partial charge in [-0.3, -0.25) is 4.57 Å². The molecule has 4 heteroatoms. The van der Waals surface area contributed by atoms with E-state index in [1.165, 1.54) is 10.8 Å². The van der Waals surface area contributed by atoms with Crippen LogP contribution in [0.2, 0.25) is 0 Å². The van der Waals surface area contributed by atoms with Gasteiger partial charge in [-0.05, 0) is 54.1 Å². The van der Waals surface area contributed by atoms with Gasteiger partial charge in [-0.25, -0.2) is 4.98 Å². The summed E-state index contributed by atoms with van der Waals surface area (Å²) in [6.07, 6.45) is 4.17. The lowest BCUT2D eigenvalue weighted by atomic mass is 10.0. The first-order chi connectivity index (χ1) is 20.3. The van der Waals surface area contributed by atoms with Crippen LogP contribution in [0.4, 0.5) is 0 Å². The molecule has 0 amide bonds. The van der Waals surface area contributed by atoms with Crippen LogP contribution in [-0.4, -0.2) is 14.1 Å². The summed E-state index contributed by atoms with van der Waals surface area (Å²) in [5, 5.41) is 5.84. The van der Waals surface area contributed by atoms with Crippen molar-refractivity contribution in [2.75, 3.05) is 0 Å². The molecule has 0 aliphatic heterocycles. The van der Waals surface area contributed by atoms with Crippen molar-refractivity contribution in [3.8, 4) is 22.6 Å². The number of fused-ring (bicyclic) bond motifs is 7. The summed E-state index contributed by atoms with van der Waals surface area (Å²) in [7, 11) is 0. The first-order valence-electron chi connectivity index (χ1n) is 13.8. The highest BCUT2D eigenvalue weighted by Gasteiger charge is 2.21. The predicted octanol–water partition coefficient (Wildman–Crippen LogP) is 9.69. The number of furan rings is 1. The van der Waals surface area contributed by atoms with E-state index in [1.54, 1.807) is 0 Å². The molecule has 0 bridgehead atoms. The fourth-order valence-electron chi connectivity index (χ4n) is 6.39. The summed E-state index contributed by atoms with van der Waals surface area (Å²) in [6.45, 7) is 0. The van der Waals surface area contributed by atoms with Gasteiger partial charge in [0.05, 0.1) is 16.6 Å². The molecule has 41 heavy (non-hydrogen) atoms. The zero-order valence-corrected chi connectivity index (χ0v) is 22.0. The van der Waals surface area contributed by atoms with Crippen LogP contribution in [0.3, 0.4) is 0 Å². The fraction of sp³-hybridized carbons (Fsp3) is 0. The Labute approximate surface area is 235 Å². The Morgan fingerprint density at radius 2 is 1.20 bits per heavy atom. The van der Waals surface area contributed by atoms with Crippen LogP contribution in [0.15, 0.2) is 144 Å². The Balaban J connectivity index is 1.38. The molecule has 0 atom stereocenters. The van der Waals surface area contributed by atoms with Crippen LogP contribution >= 0.6 is 0 Å². The van der Waals surface area contributed by atoms with E-state index in [1.807, 2.05) is 18.3 Å². The van der Waals surface area contributed by atoms with Crippen LogP contribution in [0.5, 0.6) is 0 Å². The number of pyridine rings is 1. The second-order valence-electron chi connectivity index (χ2n) is 10.5. The van der Waals surface area contributed by atoms with E-state index >= 15 is 0 Å². The van der Waals surface area contributed by atoms with Gasteiger partial charge in [0.2, 0.25) is 0 Å². The van der Waals surface area contributed by atoms with Crippen LogP contribution in [0.25, 0.3) is 77.3 Å². The SMILES string of the molecule is c1ccc(-n2cc(-c3ccc4c(c3)oc3ccccc34)c3ccnc(-n4c5ccccc5c5ccccc54)c32)cc1. The van der Waals surface area contributed by atoms with Crippen molar-refractivity contribution in [2.45, 2.75) is 0 Å². The minimum absolute atomic E-state index is 0.890. The lowest BCUT2D eigenvalue weighted by Crippen LogP contribution is -2.02. The van der Waals surface area contributed by atoms with Gasteiger partial charge in [0.1, 0.15) is 11.2 Å². The van der Waals surface area contributed by atoms with Crippen molar-refractivity contribution in [3.63, 3.8) is 0 Å². The predicted molar refractivity (Wildman–Crippen MR) is 168 cm³/mol. The normalized spacial score (nSPS) is 11.9. The van der Waals surface area contributed by atoms with Crippen molar-refractivity contribution in [1.29, 1.82) is 0 Å². The Kier molecular flexibility index (Phi) is 4.58. The van der Waals surface area contributed by atoms with Crippen LogP contribution in [0.1, 0.15) is 0 Å². The number of nitrogens with zero attached hydrogens (tertiary/aromatic N) is 3. The number of hydrogen-bond donors (Lipinski definition) is 0. The summed E-state index contributed by atoms with van der Waals surface area (Å²) in [5.74, 6) is 0.903. The van der Waals surface area contributed by atoms with Gasteiger partial charge in [-0.1, -0.05) is 78.9 Å². The minimum Gasteiger partial charge on any atom is -0.456 e. The van der Waals surface area contributed by atoms with Crippen molar-refractivity contribution < 1.29 is 4.42 Å². The molecule has 4 aromatic heterocycles. The topological polar surface area (TPSA) is 35.9 Å². The molecule has 4 nitrogen and oxygen atoms in total. The van der Waals surface area contributed by atoms with Gasteiger partial charge in [-0.2, -0.15) is 0 Å². The first kappa shape index (κ1) is 22.2. The molecule has 0 unspecified atom stereocenters. The second-order valence-corrected chi connectivity index (χ2v) is 10.5. The van der Waals surface area contributed by atoms with Gasteiger partial charge in [0.15, 0.2) is 5.82 Å². The van der Waals surface area contributed by atoms with E-state index in [0.29, 0.717) is 0 Å². The zero-order valence-electron chi connectivity index (χ0n) is 22.0. The van der Waals surface area contributed by atoms with E-state index in [-0.39, 0.29) is 0 Å². The van der Waals surface area contributed by atoms with Gasteiger partial charge in [-0.15, -0.1) is 0 Å². The molecule has 0 aliphatic carbocycles. The third-order valence-corrected chi connectivity index (χ3v) is 8.21. The molecule has 0 fully saturated rings. The maximum atomic E-state index is 6.27. The van der Waals surface area contributed by atoms with Gasteiger partial charge < -0.3 is 8.98 Å². The lowest BCUT2D eigenvalue weighted by Gasteiger charge is -2.12. The Hall–Kier alpha value is -5.61. The van der Waals surface area contributed by atoms with Crippen LogP contribution < -0.4 is 0 Å². The largest absolute Gasteiger partial charge is 0.456 e.